The van der Waals surface area contributed by atoms with Gasteiger partial charge in [0.1, 0.15) is 17.1 Å². The molecule has 2 heterocycles. The zero-order valence-corrected chi connectivity index (χ0v) is 15.8. The third kappa shape index (κ3) is 4.22. The predicted octanol–water partition coefficient (Wildman–Crippen LogP) is 0.334. The SMILES string of the molecule is COc1cc(N2CC[C@@H](N3CCN(C)CC3)C2)c([N+](=O)[O-])cc1N=C(N)N. The summed E-state index contributed by atoms with van der Waals surface area (Å²) in [6.07, 6.45) is 0.985. The lowest BCUT2D eigenvalue weighted by molar-refractivity contribution is -0.384. The number of likely N-dealkylation sites (N-methyl/N-ethyl adjacent to an activating group) is 1. The van der Waals surface area contributed by atoms with Crippen molar-refractivity contribution in [1.29, 1.82) is 0 Å². The van der Waals surface area contributed by atoms with Gasteiger partial charge in [-0.05, 0) is 13.5 Å². The average Bonchev–Trinajstić information content (AvgIpc) is 3.11. The van der Waals surface area contributed by atoms with Gasteiger partial charge in [-0.15, -0.1) is 0 Å². The molecule has 0 bridgehead atoms. The number of anilines is 1. The number of nitro benzene ring substituents is 1. The fourth-order valence-corrected chi connectivity index (χ4v) is 3.78. The summed E-state index contributed by atoms with van der Waals surface area (Å²) in [4.78, 5) is 22.1. The summed E-state index contributed by atoms with van der Waals surface area (Å²) in [7, 11) is 3.62. The van der Waals surface area contributed by atoms with E-state index in [0.717, 1.165) is 45.7 Å². The first-order chi connectivity index (χ1) is 12.9. The van der Waals surface area contributed by atoms with Crippen molar-refractivity contribution in [3.63, 3.8) is 0 Å². The molecule has 0 aliphatic carbocycles. The molecule has 1 aromatic carbocycles. The number of methoxy groups -OCH3 is 1. The van der Waals surface area contributed by atoms with Crippen LogP contribution in [0.1, 0.15) is 6.42 Å². The molecule has 2 fully saturated rings. The van der Waals surface area contributed by atoms with Gasteiger partial charge in [0.25, 0.3) is 5.69 Å². The molecule has 2 aliphatic heterocycles. The van der Waals surface area contributed by atoms with Crippen LogP contribution in [-0.2, 0) is 0 Å². The standard InChI is InChI=1S/C17H27N7O3/c1-21-5-7-22(8-6-21)12-3-4-23(11-12)14-10-16(27-2)13(20-17(18)19)9-15(14)24(25)26/h9-10,12H,3-8,11H2,1-2H3,(H4,18,19,20)/t12-/m1/s1. The largest absolute Gasteiger partial charge is 0.494 e. The molecular formula is C17H27N7O3. The first-order valence-electron chi connectivity index (χ1n) is 9.02. The van der Waals surface area contributed by atoms with E-state index in [1.54, 1.807) is 6.07 Å². The Kier molecular flexibility index (Phi) is 5.66. The number of rotatable bonds is 5. The van der Waals surface area contributed by atoms with Crippen molar-refractivity contribution in [3.8, 4) is 5.75 Å². The zero-order valence-electron chi connectivity index (χ0n) is 15.8. The summed E-state index contributed by atoms with van der Waals surface area (Å²) >= 11 is 0. The van der Waals surface area contributed by atoms with Gasteiger partial charge < -0.3 is 26.0 Å². The lowest BCUT2D eigenvalue weighted by Gasteiger charge is -2.36. The number of piperazine rings is 1. The van der Waals surface area contributed by atoms with E-state index in [4.69, 9.17) is 16.2 Å². The van der Waals surface area contributed by atoms with Crippen LogP contribution in [0.15, 0.2) is 17.1 Å². The van der Waals surface area contributed by atoms with E-state index in [9.17, 15) is 10.1 Å². The molecule has 0 aromatic heterocycles. The van der Waals surface area contributed by atoms with Crippen LogP contribution in [0.5, 0.6) is 5.75 Å². The van der Waals surface area contributed by atoms with E-state index in [1.165, 1.54) is 13.2 Å². The molecular weight excluding hydrogens is 350 g/mol. The van der Waals surface area contributed by atoms with Gasteiger partial charge in [0.2, 0.25) is 0 Å². The molecule has 4 N–H and O–H groups in total. The summed E-state index contributed by atoms with van der Waals surface area (Å²) < 4.78 is 5.35. The molecule has 10 nitrogen and oxygen atoms in total. The van der Waals surface area contributed by atoms with Crippen molar-refractivity contribution in [1.82, 2.24) is 9.80 Å². The average molecular weight is 377 g/mol. The highest BCUT2D eigenvalue weighted by molar-refractivity contribution is 5.82. The van der Waals surface area contributed by atoms with Gasteiger partial charge in [0, 0.05) is 57.4 Å². The molecule has 1 aromatic rings. The number of nitro groups is 1. The predicted molar refractivity (Wildman–Crippen MR) is 105 cm³/mol. The van der Waals surface area contributed by atoms with Crippen LogP contribution >= 0.6 is 0 Å². The maximum atomic E-state index is 11.6. The number of guanidine groups is 1. The number of nitrogens with zero attached hydrogens (tertiary/aromatic N) is 5. The molecule has 10 heteroatoms. The van der Waals surface area contributed by atoms with Crippen molar-refractivity contribution in [2.45, 2.75) is 12.5 Å². The van der Waals surface area contributed by atoms with Crippen molar-refractivity contribution >= 4 is 23.0 Å². The summed E-state index contributed by atoms with van der Waals surface area (Å²) in [6, 6.07) is 3.44. The minimum atomic E-state index is -0.399. The van der Waals surface area contributed by atoms with E-state index in [0.29, 0.717) is 17.5 Å². The quantitative estimate of drug-likeness (QED) is 0.325. The van der Waals surface area contributed by atoms with Crippen molar-refractivity contribution in [3.05, 3.63) is 22.2 Å². The van der Waals surface area contributed by atoms with Gasteiger partial charge in [-0.3, -0.25) is 15.0 Å². The van der Waals surface area contributed by atoms with Gasteiger partial charge in [-0.1, -0.05) is 0 Å². The van der Waals surface area contributed by atoms with Crippen LogP contribution < -0.4 is 21.1 Å². The smallest absolute Gasteiger partial charge is 0.294 e. The van der Waals surface area contributed by atoms with E-state index in [-0.39, 0.29) is 17.3 Å². The van der Waals surface area contributed by atoms with E-state index >= 15 is 0 Å². The molecule has 3 rings (SSSR count). The van der Waals surface area contributed by atoms with Crippen molar-refractivity contribution in [2.24, 2.45) is 16.5 Å². The number of hydrogen-bond acceptors (Lipinski definition) is 7. The Labute approximate surface area is 158 Å². The lowest BCUT2D eigenvalue weighted by Crippen LogP contribution is -2.49. The van der Waals surface area contributed by atoms with E-state index in [1.807, 2.05) is 0 Å². The molecule has 27 heavy (non-hydrogen) atoms. The maximum absolute atomic E-state index is 11.6. The van der Waals surface area contributed by atoms with Gasteiger partial charge >= 0.3 is 0 Å². The molecule has 0 saturated carbocycles. The van der Waals surface area contributed by atoms with Gasteiger partial charge in [0.15, 0.2) is 5.96 Å². The van der Waals surface area contributed by atoms with E-state index in [2.05, 4.69) is 26.7 Å². The summed E-state index contributed by atoms with van der Waals surface area (Å²) in [5.41, 5.74) is 11.6. The van der Waals surface area contributed by atoms with Crippen molar-refractivity contribution < 1.29 is 9.66 Å². The van der Waals surface area contributed by atoms with Crippen molar-refractivity contribution in [2.75, 3.05) is 58.3 Å². The molecule has 148 valence electrons. The molecule has 0 radical (unpaired) electrons. The summed E-state index contributed by atoms with van der Waals surface area (Å²) in [5, 5.41) is 11.6. The lowest BCUT2D eigenvalue weighted by atomic mass is 10.2. The third-order valence-corrected chi connectivity index (χ3v) is 5.28. The Bertz CT molecular complexity index is 727. The minimum absolute atomic E-state index is 0.0187. The first kappa shape index (κ1) is 19.2. The van der Waals surface area contributed by atoms with Crippen LogP contribution in [0.25, 0.3) is 0 Å². The topological polar surface area (TPSA) is 126 Å². The van der Waals surface area contributed by atoms with Gasteiger partial charge in [-0.25, -0.2) is 4.99 Å². The second-order valence-corrected chi connectivity index (χ2v) is 7.03. The highest BCUT2D eigenvalue weighted by Gasteiger charge is 2.33. The Balaban J connectivity index is 1.85. The molecule has 0 unspecified atom stereocenters. The fourth-order valence-electron chi connectivity index (χ4n) is 3.78. The zero-order chi connectivity index (χ0) is 19.6. The number of ether oxygens (including phenoxy) is 1. The van der Waals surface area contributed by atoms with Gasteiger partial charge in [0.05, 0.1) is 12.0 Å². The Morgan fingerprint density at radius 1 is 1.26 bits per heavy atom. The van der Waals surface area contributed by atoms with Crippen LogP contribution in [-0.4, -0.2) is 80.2 Å². The normalized spacial score (nSPS) is 21.3. The second-order valence-electron chi connectivity index (χ2n) is 7.03. The fraction of sp³-hybridized carbons (Fsp3) is 0.588. The highest BCUT2D eigenvalue weighted by atomic mass is 16.6. The number of benzene rings is 1. The van der Waals surface area contributed by atoms with Crippen LogP contribution in [0, 0.1) is 10.1 Å². The maximum Gasteiger partial charge on any atom is 0.294 e. The molecule has 2 aliphatic rings. The summed E-state index contributed by atoms with van der Waals surface area (Å²) in [5.74, 6) is 0.235. The summed E-state index contributed by atoms with van der Waals surface area (Å²) in [6.45, 7) is 5.70. The number of hydrogen-bond donors (Lipinski definition) is 2. The minimum Gasteiger partial charge on any atom is -0.494 e. The van der Waals surface area contributed by atoms with Crippen LogP contribution in [0.3, 0.4) is 0 Å². The van der Waals surface area contributed by atoms with Crippen LogP contribution in [0.2, 0.25) is 0 Å². The molecule has 0 amide bonds. The second kappa shape index (κ2) is 7.97. The Morgan fingerprint density at radius 2 is 1.96 bits per heavy atom. The first-order valence-corrected chi connectivity index (χ1v) is 9.02. The molecule has 2 saturated heterocycles. The van der Waals surface area contributed by atoms with Crippen LogP contribution in [0.4, 0.5) is 17.1 Å². The Hall–Kier alpha value is -2.59. The number of aliphatic imine (C=N–C) groups is 1. The third-order valence-electron chi connectivity index (χ3n) is 5.28. The highest BCUT2D eigenvalue weighted by Crippen LogP contribution is 2.41. The number of nitrogens with two attached hydrogens (primary N) is 2. The monoisotopic (exact) mass is 377 g/mol. The van der Waals surface area contributed by atoms with E-state index < -0.39 is 4.92 Å². The molecule has 0 spiro atoms. The Morgan fingerprint density at radius 3 is 2.56 bits per heavy atom. The van der Waals surface area contributed by atoms with Gasteiger partial charge in [-0.2, -0.15) is 0 Å². The molecule has 1 atom stereocenters.